The molecule has 16 heavy (non-hydrogen) atoms. The normalized spacial score (nSPS) is 10.1. The van der Waals surface area contributed by atoms with E-state index in [9.17, 15) is 9.59 Å². The summed E-state index contributed by atoms with van der Waals surface area (Å²) < 4.78 is 5.03. The molecule has 0 amide bonds. The molecule has 0 N–H and O–H groups in total. The zero-order valence-electron chi connectivity index (χ0n) is 8.14. The van der Waals surface area contributed by atoms with Crippen LogP contribution in [0.3, 0.4) is 0 Å². The van der Waals surface area contributed by atoms with Gasteiger partial charge >= 0.3 is 0 Å². The maximum Gasteiger partial charge on any atom is 0.229 e. The summed E-state index contributed by atoms with van der Waals surface area (Å²) in [5.41, 5.74) is 0.357. The summed E-state index contributed by atoms with van der Waals surface area (Å²) in [6.07, 6.45) is 0.545. The molecular weight excluding hydrogens is 228 g/mol. The van der Waals surface area contributed by atoms with E-state index in [4.69, 9.17) is 16.0 Å². The van der Waals surface area contributed by atoms with Gasteiger partial charge in [0.15, 0.2) is 17.8 Å². The molecule has 80 valence electrons. The highest BCUT2D eigenvalue weighted by Crippen LogP contribution is 2.19. The lowest BCUT2D eigenvalue weighted by atomic mass is 10.1. The molecule has 0 bridgehead atoms. The number of ketones is 1. The second-order valence-corrected chi connectivity index (χ2v) is 3.54. The highest BCUT2D eigenvalue weighted by molar-refractivity contribution is 6.34. The van der Waals surface area contributed by atoms with E-state index in [1.807, 2.05) is 0 Å². The maximum atomic E-state index is 11.9. The summed E-state index contributed by atoms with van der Waals surface area (Å²) in [6, 6.07) is 9.57. The highest BCUT2D eigenvalue weighted by Gasteiger charge is 2.15. The van der Waals surface area contributed by atoms with Crippen LogP contribution in [-0.2, 0) is 0 Å². The summed E-state index contributed by atoms with van der Waals surface area (Å²) in [6.45, 7) is 0. The Morgan fingerprint density at radius 3 is 2.56 bits per heavy atom. The first-order valence-electron chi connectivity index (χ1n) is 4.56. The monoisotopic (exact) mass is 234 g/mol. The third-order valence-electron chi connectivity index (χ3n) is 2.09. The first-order chi connectivity index (χ1) is 7.72. The molecule has 0 spiro atoms. The number of furan rings is 1. The number of halogens is 1. The summed E-state index contributed by atoms with van der Waals surface area (Å²) in [4.78, 5) is 22.3. The van der Waals surface area contributed by atoms with E-state index < -0.39 is 0 Å². The fraction of sp³-hybridized carbons (Fsp3) is 0. The Morgan fingerprint density at radius 2 is 1.94 bits per heavy atom. The minimum atomic E-state index is -0.335. The van der Waals surface area contributed by atoms with E-state index in [0.717, 1.165) is 0 Å². The van der Waals surface area contributed by atoms with Gasteiger partial charge in [-0.1, -0.05) is 23.7 Å². The van der Waals surface area contributed by atoms with E-state index in [-0.39, 0.29) is 17.3 Å². The lowest BCUT2D eigenvalue weighted by Crippen LogP contribution is -2.00. The minimum absolute atomic E-state index is 0.107. The summed E-state index contributed by atoms with van der Waals surface area (Å²) in [5.74, 6) is -0.107. The zero-order valence-corrected chi connectivity index (χ0v) is 8.90. The van der Waals surface area contributed by atoms with E-state index in [0.29, 0.717) is 16.9 Å². The molecule has 0 radical (unpaired) electrons. The fourth-order valence-electron chi connectivity index (χ4n) is 1.32. The number of hydrogen-bond acceptors (Lipinski definition) is 3. The SMILES string of the molecule is O=Cc1ccc(C(=O)c2ccccc2Cl)o1. The van der Waals surface area contributed by atoms with Crippen LogP contribution in [0.5, 0.6) is 0 Å². The lowest BCUT2D eigenvalue weighted by molar-refractivity contribution is 0.100. The number of benzene rings is 1. The average Bonchev–Trinajstić information content (AvgIpc) is 2.77. The zero-order chi connectivity index (χ0) is 11.5. The van der Waals surface area contributed by atoms with Crippen LogP contribution in [0, 0.1) is 0 Å². The fourth-order valence-corrected chi connectivity index (χ4v) is 1.54. The van der Waals surface area contributed by atoms with Crippen LogP contribution in [0.4, 0.5) is 0 Å². The van der Waals surface area contributed by atoms with Crippen LogP contribution in [0.2, 0.25) is 5.02 Å². The number of rotatable bonds is 3. The molecule has 2 aromatic rings. The highest BCUT2D eigenvalue weighted by atomic mass is 35.5. The molecule has 0 saturated carbocycles. The van der Waals surface area contributed by atoms with Gasteiger partial charge in [0.1, 0.15) is 0 Å². The van der Waals surface area contributed by atoms with Gasteiger partial charge in [0.05, 0.1) is 5.02 Å². The lowest BCUT2D eigenvalue weighted by Gasteiger charge is -1.99. The first kappa shape index (κ1) is 10.6. The van der Waals surface area contributed by atoms with Crippen molar-refractivity contribution in [1.82, 2.24) is 0 Å². The van der Waals surface area contributed by atoms with Crippen molar-refractivity contribution < 1.29 is 14.0 Å². The topological polar surface area (TPSA) is 47.3 Å². The van der Waals surface area contributed by atoms with E-state index in [1.54, 1.807) is 24.3 Å². The van der Waals surface area contributed by atoms with E-state index in [2.05, 4.69) is 0 Å². The van der Waals surface area contributed by atoms with Gasteiger partial charge < -0.3 is 4.42 Å². The molecule has 4 heteroatoms. The summed E-state index contributed by atoms with van der Waals surface area (Å²) in [5, 5.41) is 0.358. The number of carbonyl (C=O) groups excluding carboxylic acids is 2. The second kappa shape index (κ2) is 4.33. The van der Waals surface area contributed by atoms with Gasteiger partial charge in [0, 0.05) is 5.56 Å². The van der Waals surface area contributed by atoms with Crippen LogP contribution in [0.25, 0.3) is 0 Å². The predicted octanol–water partition coefficient (Wildman–Crippen LogP) is 2.98. The molecule has 0 unspecified atom stereocenters. The van der Waals surface area contributed by atoms with Crippen molar-refractivity contribution in [1.29, 1.82) is 0 Å². The Balaban J connectivity index is 2.39. The molecule has 0 saturated heterocycles. The van der Waals surface area contributed by atoms with Crippen molar-refractivity contribution in [2.24, 2.45) is 0 Å². The van der Waals surface area contributed by atoms with E-state index in [1.165, 1.54) is 12.1 Å². The molecule has 3 nitrogen and oxygen atoms in total. The Hall–Kier alpha value is -1.87. The van der Waals surface area contributed by atoms with Crippen LogP contribution >= 0.6 is 11.6 Å². The van der Waals surface area contributed by atoms with E-state index >= 15 is 0 Å². The van der Waals surface area contributed by atoms with Gasteiger partial charge in [-0.05, 0) is 24.3 Å². The third-order valence-corrected chi connectivity index (χ3v) is 2.41. The third kappa shape index (κ3) is 1.90. The Morgan fingerprint density at radius 1 is 1.19 bits per heavy atom. The van der Waals surface area contributed by atoms with Gasteiger partial charge in [-0.2, -0.15) is 0 Å². The standard InChI is InChI=1S/C12H7ClO3/c13-10-4-2-1-3-9(10)12(15)11-6-5-8(7-14)16-11/h1-7H. The first-order valence-corrected chi connectivity index (χ1v) is 4.94. The van der Waals surface area contributed by atoms with Crippen LogP contribution in [-0.4, -0.2) is 12.1 Å². The minimum Gasteiger partial charge on any atom is -0.450 e. The molecule has 0 aliphatic carbocycles. The van der Waals surface area contributed by atoms with Crippen molar-refractivity contribution in [3.05, 3.63) is 58.5 Å². The van der Waals surface area contributed by atoms with Crippen molar-refractivity contribution in [3.63, 3.8) is 0 Å². The van der Waals surface area contributed by atoms with Crippen molar-refractivity contribution in [3.8, 4) is 0 Å². The molecule has 0 aliphatic rings. The van der Waals surface area contributed by atoms with Gasteiger partial charge in [-0.25, -0.2) is 0 Å². The Kier molecular flexibility index (Phi) is 2.88. The van der Waals surface area contributed by atoms with Crippen molar-refractivity contribution in [2.45, 2.75) is 0 Å². The maximum absolute atomic E-state index is 11.9. The second-order valence-electron chi connectivity index (χ2n) is 3.13. The Labute approximate surface area is 96.6 Å². The Bertz CT molecular complexity index is 543. The van der Waals surface area contributed by atoms with Crippen LogP contribution in [0.1, 0.15) is 26.7 Å². The van der Waals surface area contributed by atoms with Crippen molar-refractivity contribution in [2.75, 3.05) is 0 Å². The van der Waals surface area contributed by atoms with Gasteiger partial charge in [0.25, 0.3) is 0 Å². The molecule has 1 aromatic carbocycles. The smallest absolute Gasteiger partial charge is 0.229 e. The van der Waals surface area contributed by atoms with Gasteiger partial charge in [0.2, 0.25) is 5.78 Å². The number of hydrogen-bond donors (Lipinski definition) is 0. The molecule has 1 heterocycles. The summed E-state index contributed by atoms with van der Waals surface area (Å²) >= 11 is 5.88. The molecule has 0 fully saturated rings. The molecule has 2 rings (SSSR count). The number of carbonyl (C=O) groups is 2. The molecule has 0 aliphatic heterocycles. The molecule has 1 aromatic heterocycles. The van der Waals surface area contributed by atoms with Gasteiger partial charge in [-0.15, -0.1) is 0 Å². The molecule has 0 atom stereocenters. The van der Waals surface area contributed by atoms with Gasteiger partial charge in [-0.3, -0.25) is 9.59 Å². The number of aldehydes is 1. The van der Waals surface area contributed by atoms with Crippen LogP contribution < -0.4 is 0 Å². The predicted molar refractivity (Wildman–Crippen MR) is 59.0 cm³/mol. The largest absolute Gasteiger partial charge is 0.450 e. The van der Waals surface area contributed by atoms with Crippen molar-refractivity contribution >= 4 is 23.7 Å². The summed E-state index contributed by atoms with van der Waals surface area (Å²) in [7, 11) is 0. The quantitative estimate of drug-likeness (QED) is 0.606. The van der Waals surface area contributed by atoms with Crippen LogP contribution in [0.15, 0.2) is 40.8 Å². The molecular formula is C12H7ClO3. The average molecular weight is 235 g/mol.